The molecule has 6 heteroatoms. The van der Waals surface area contributed by atoms with E-state index >= 15 is 0 Å². The van der Waals surface area contributed by atoms with Crippen LogP contribution in [0.1, 0.15) is 16.5 Å². The van der Waals surface area contributed by atoms with Gasteiger partial charge in [-0.15, -0.1) is 11.6 Å². The molecule has 1 N–H and O–H groups in total. The Kier molecular flexibility index (Phi) is 3.80. The van der Waals surface area contributed by atoms with Gasteiger partial charge in [0.2, 0.25) is 5.91 Å². The Morgan fingerprint density at radius 2 is 2.06 bits per heavy atom. The first-order valence-electron chi connectivity index (χ1n) is 4.39. The van der Waals surface area contributed by atoms with E-state index in [2.05, 4.69) is 5.32 Å². The van der Waals surface area contributed by atoms with Gasteiger partial charge in [0.1, 0.15) is 5.38 Å². The highest BCUT2D eigenvalue weighted by molar-refractivity contribution is 6.30. The van der Waals surface area contributed by atoms with Crippen LogP contribution in [0.5, 0.6) is 0 Å². The van der Waals surface area contributed by atoms with E-state index in [0.29, 0.717) is 0 Å². The van der Waals surface area contributed by atoms with E-state index in [9.17, 15) is 18.0 Å². The number of alkyl halides is 4. The average molecular weight is 252 g/mol. The van der Waals surface area contributed by atoms with Crippen LogP contribution in [0.2, 0.25) is 0 Å². The third-order valence-corrected chi connectivity index (χ3v) is 2.43. The molecule has 1 rings (SSSR count). The van der Waals surface area contributed by atoms with Gasteiger partial charge < -0.3 is 5.32 Å². The number of halogens is 4. The second kappa shape index (κ2) is 4.74. The van der Waals surface area contributed by atoms with Gasteiger partial charge in [0.25, 0.3) is 0 Å². The predicted molar refractivity (Wildman–Crippen MR) is 54.1 cm³/mol. The van der Waals surface area contributed by atoms with Crippen molar-refractivity contribution in [2.24, 2.45) is 0 Å². The average Bonchev–Trinajstić information content (AvgIpc) is 2.26. The quantitative estimate of drug-likeness (QED) is 0.805. The molecular weight excluding hydrogens is 243 g/mol. The topological polar surface area (TPSA) is 29.1 Å². The highest BCUT2D eigenvalue weighted by Gasteiger charge is 2.31. The van der Waals surface area contributed by atoms with Gasteiger partial charge in [0, 0.05) is 7.05 Å². The number of carbonyl (C=O) groups is 1. The first-order valence-corrected chi connectivity index (χ1v) is 4.82. The van der Waals surface area contributed by atoms with E-state index in [1.165, 1.54) is 19.2 Å². The van der Waals surface area contributed by atoms with Crippen LogP contribution in [-0.2, 0) is 11.0 Å². The molecule has 16 heavy (non-hydrogen) atoms. The second-order valence-electron chi connectivity index (χ2n) is 3.10. The molecular formula is C10H9ClF3NO. The Morgan fingerprint density at radius 1 is 1.44 bits per heavy atom. The lowest BCUT2D eigenvalue weighted by Crippen LogP contribution is -2.22. The van der Waals surface area contributed by atoms with Crippen molar-refractivity contribution in [2.75, 3.05) is 7.05 Å². The summed E-state index contributed by atoms with van der Waals surface area (Å²) in [6, 6.07) is 4.39. The molecule has 0 saturated carbocycles. The summed E-state index contributed by atoms with van der Waals surface area (Å²) in [6.07, 6.45) is -4.44. The van der Waals surface area contributed by atoms with Crippen molar-refractivity contribution >= 4 is 17.5 Å². The molecule has 0 radical (unpaired) electrons. The summed E-state index contributed by atoms with van der Waals surface area (Å²) in [7, 11) is 1.37. The number of hydrogen-bond donors (Lipinski definition) is 1. The summed E-state index contributed by atoms with van der Waals surface area (Å²) in [5.41, 5.74) is -0.699. The third-order valence-electron chi connectivity index (χ3n) is 1.98. The Morgan fingerprint density at radius 3 is 2.56 bits per heavy atom. The monoisotopic (exact) mass is 251 g/mol. The molecule has 2 nitrogen and oxygen atoms in total. The summed E-state index contributed by atoms with van der Waals surface area (Å²) >= 11 is 5.70. The zero-order valence-electron chi connectivity index (χ0n) is 8.31. The Hall–Kier alpha value is -1.23. The molecule has 0 bridgehead atoms. The van der Waals surface area contributed by atoms with Crippen LogP contribution in [0.3, 0.4) is 0 Å². The molecule has 0 aliphatic heterocycles. The third kappa shape index (κ3) is 2.88. The van der Waals surface area contributed by atoms with E-state index < -0.39 is 23.0 Å². The molecule has 1 atom stereocenters. The number of hydrogen-bond acceptors (Lipinski definition) is 1. The normalized spacial score (nSPS) is 13.3. The molecule has 0 aliphatic carbocycles. The van der Waals surface area contributed by atoms with Crippen molar-refractivity contribution in [1.82, 2.24) is 5.32 Å². The largest absolute Gasteiger partial charge is 0.416 e. The zero-order valence-corrected chi connectivity index (χ0v) is 9.06. The summed E-state index contributed by atoms with van der Waals surface area (Å²) in [5, 5.41) is 1.15. The fraction of sp³-hybridized carbons (Fsp3) is 0.300. The van der Waals surface area contributed by atoms with E-state index in [-0.39, 0.29) is 5.56 Å². The molecule has 1 aromatic rings. The van der Waals surface area contributed by atoms with Crippen molar-refractivity contribution in [3.63, 3.8) is 0 Å². The number of rotatable bonds is 2. The number of nitrogens with one attached hydrogen (secondary N) is 1. The van der Waals surface area contributed by atoms with Gasteiger partial charge >= 0.3 is 6.18 Å². The minimum atomic E-state index is -4.44. The van der Waals surface area contributed by atoms with Crippen LogP contribution < -0.4 is 5.32 Å². The molecule has 1 unspecified atom stereocenters. The Bertz CT molecular complexity index is 392. The van der Waals surface area contributed by atoms with Crippen LogP contribution in [-0.4, -0.2) is 13.0 Å². The van der Waals surface area contributed by atoms with E-state index in [1.54, 1.807) is 0 Å². The zero-order chi connectivity index (χ0) is 12.3. The maximum atomic E-state index is 12.4. The summed E-state index contributed by atoms with van der Waals surface area (Å²) in [4.78, 5) is 11.1. The lowest BCUT2D eigenvalue weighted by atomic mass is 10.1. The minimum Gasteiger partial charge on any atom is -0.358 e. The van der Waals surface area contributed by atoms with Gasteiger partial charge in [-0.25, -0.2) is 0 Å². The first-order chi connectivity index (χ1) is 7.36. The van der Waals surface area contributed by atoms with Crippen LogP contribution in [0.25, 0.3) is 0 Å². The lowest BCUT2D eigenvalue weighted by molar-refractivity contribution is -0.137. The van der Waals surface area contributed by atoms with Crippen LogP contribution >= 0.6 is 11.6 Å². The molecule has 0 aromatic heterocycles. The van der Waals surface area contributed by atoms with Crippen molar-refractivity contribution in [3.8, 4) is 0 Å². The SMILES string of the molecule is CNC(=O)C(Cl)c1cccc(C(F)(F)F)c1. The predicted octanol–water partition coefficient (Wildman–Crippen LogP) is 2.73. The smallest absolute Gasteiger partial charge is 0.358 e. The molecule has 0 saturated heterocycles. The van der Waals surface area contributed by atoms with E-state index in [0.717, 1.165) is 12.1 Å². The molecule has 88 valence electrons. The van der Waals surface area contributed by atoms with Crippen molar-refractivity contribution in [3.05, 3.63) is 35.4 Å². The standard InChI is InChI=1S/C10H9ClF3NO/c1-15-9(16)8(11)6-3-2-4-7(5-6)10(12,13)14/h2-5,8H,1H3,(H,15,16). The fourth-order valence-corrected chi connectivity index (χ4v) is 1.40. The second-order valence-corrected chi connectivity index (χ2v) is 3.54. The molecule has 1 amide bonds. The molecule has 1 aromatic carbocycles. The number of carbonyl (C=O) groups excluding carboxylic acids is 1. The number of amides is 1. The van der Waals surface area contributed by atoms with Gasteiger partial charge in [0.15, 0.2) is 0 Å². The highest BCUT2D eigenvalue weighted by atomic mass is 35.5. The number of benzene rings is 1. The lowest BCUT2D eigenvalue weighted by Gasteiger charge is -2.11. The van der Waals surface area contributed by atoms with Gasteiger partial charge in [-0.2, -0.15) is 13.2 Å². The minimum absolute atomic E-state index is 0.121. The highest BCUT2D eigenvalue weighted by Crippen LogP contribution is 2.31. The summed E-state index contributed by atoms with van der Waals surface area (Å²) in [6.45, 7) is 0. The molecule has 0 spiro atoms. The van der Waals surface area contributed by atoms with E-state index in [1.807, 2.05) is 0 Å². The van der Waals surface area contributed by atoms with Gasteiger partial charge in [-0.3, -0.25) is 4.79 Å². The van der Waals surface area contributed by atoms with Crippen LogP contribution in [0, 0.1) is 0 Å². The molecule has 0 fully saturated rings. The van der Waals surface area contributed by atoms with Crippen LogP contribution in [0.15, 0.2) is 24.3 Å². The van der Waals surface area contributed by atoms with Crippen molar-refractivity contribution < 1.29 is 18.0 Å². The molecule has 0 heterocycles. The molecule has 0 aliphatic rings. The Labute approximate surface area is 95.4 Å². The van der Waals surface area contributed by atoms with Crippen molar-refractivity contribution in [1.29, 1.82) is 0 Å². The van der Waals surface area contributed by atoms with Gasteiger partial charge in [0.05, 0.1) is 5.56 Å². The van der Waals surface area contributed by atoms with Crippen molar-refractivity contribution in [2.45, 2.75) is 11.6 Å². The number of likely N-dealkylation sites (N-methyl/N-ethyl adjacent to an activating group) is 1. The van der Waals surface area contributed by atoms with Gasteiger partial charge in [-0.05, 0) is 17.7 Å². The Balaban J connectivity index is 3.04. The fourth-order valence-electron chi connectivity index (χ4n) is 1.15. The first kappa shape index (κ1) is 12.8. The van der Waals surface area contributed by atoms with Crippen LogP contribution in [0.4, 0.5) is 13.2 Å². The van der Waals surface area contributed by atoms with E-state index in [4.69, 9.17) is 11.6 Å². The summed E-state index contributed by atoms with van der Waals surface area (Å²) in [5.74, 6) is -0.541. The maximum absolute atomic E-state index is 12.4. The van der Waals surface area contributed by atoms with Gasteiger partial charge in [-0.1, -0.05) is 12.1 Å². The maximum Gasteiger partial charge on any atom is 0.416 e. The summed E-state index contributed by atoms with van der Waals surface area (Å²) < 4.78 is 37.1.